The van der Waals surface area contributed by atoms with Crippen molar-refractivity contribution in [2.75, 3.05) is 5.32 Å². The molecule has 2 aromatic carbocycles. The van der Waals surface area contributed by atoms with E-state index in [-0.39, 0.29) is 22.0 Å². The van der Waals surface area contributed by atoms with Crippen LogP contribution in [0, 0.1) is 19.7 Å². The molecule has 146 valence electrons. The van der Waals surface area contributed by atoms with Crippen LogP contribution in [-0.4, -0.2) is 10.5 Å². The highest BCUT2D eigenvalue weighted by molar-refractivity contribution is 6.31. The molecule has 0 aliphatic heterocycles. The van der Waals surface area contributed by atoms with Crippen LogP contribution in [0.1, 0.15) is 27.3 Å². The molecule has 0 bridgehead atoms. The SMILES string of the molecule is Cc1cc(C(=O)Nc2ccc(F)c(Cl)c2)c(C)n1-c1ccccc1C(F)(F)F. The number of carbonyl (C=O) groups excluding carboxylic acids is 1. The molecular formula is C20H15ClF4N2O. The summed E-state index contributed by atoms with van der Waals surface area (Å²) in [6, 6.07) is 10.4. The van der Waals surface area contributed by atoms with Crippen molar-refractivity contribution >= 4 is 23.2 Å². The van der Waals surface area contributed by atoms with Gasteiger partial charge < -0.3 is 9.88 Å². The van der Waals surface area contributed by atoms with Crippen LogP contribution in [0.25, 0.3) is 5.69 Å². The molecule has 0 aliphatic rings. The maximum atomic E-state index is 13.4. The Morgan fingerprint density at radius 3 is 2.39 bits per heavy atom. The zero-order valence-corrected chi connectivity index (χ0v) is 15.6. The molecule has 3 rings (SSSR count). The molecule has 0 atom stereocenters. The lowest BCUT2D eigenvalue weighted by Crippen LogP contribution is -2.15. The van der Waals surface area contributed by atoms with Crippen molar-refractivity contribution in [3.8, 4) is 5.69 Å². The van der Waals surface area contributed by atoms with Gasteiger partial charge in [0.15, 0.2) is 0 Å². The highest BCUT2D eigenvalue weighted by Gasteiger charge is 2.34. The second kappa shape index (κ2) is 7.31. The van der Waals surface area contributed by atoms with Crippen LogP contribution in [0.5, 0.6) is 0 Å². The van der Waals surface area contributed by atoms with Crippen molar-refractivity contribution < 1.29 is 22.4 Å². The minimum Gasteiger partial charge on any atom is -0.322 e. The lowest BCUT2D eigenvalue weighted by Gasteiger charge is -2.16. The van der Waals surface area contributed by atoms with Gasteiger partial charge in [0.25, 0.3) is 5.91 Å². The molecule has 8 heteroatoms. The molecule has 1 amide bonds. The Hall–Kier alpha value is -2.80. The van der Waals surface area contributed by atoms with Gasteiger partial charge in [0.05, 0.1) is 21.8 Å². The lowest BCUT2D eigenvalue weighted by molar-refractivity contribution is -0.137. The highest BCUT2D eigenvalue weighted by Crippen LogP contribution is 2.35. The standard InChI is InChI=1S/C20H15ClF4N2O/c1-11-9-14(19(28)26-13-7-8-17(22)16(21)10-13)12(2)27(11)18-6-4-3-5-15(18)20(23,24)25/h3-10H,1-2H3,(H,26,28). The van der Waals surface area contributed by atoms with Crippen molar-refractivity contribution in [2.24, 2.45) is 0 Å². The topological polar surface area (TPSA) is 34.0 Å². The average Bonchev–Trinajstić information content (AvgIpc) is 2.92. The third-order valence-corrected chi connectivity index (χ3v) is 4.59. The molecule has 1 N–H and O–H groups in total. The van der Waals surface area contributed by atoms with E-state index < -0.39 is 23.5 Å². The molecular weight excluding hydrogens is 396 g/mol. The van der Waals surface area contributed by atoms with E-state index >= 15 is 0 Å². The number of aryl methyl sites for hydroxylation is 1. The van der Waals surface area contributed by atoms with Gasteiger partial charge in [-0.05, 0) is 50.2 Å². The fourth-order valence-electron chi connectivity index (χ4n) is 3.04. The van der Waals surface area contributed by atoms with Gasteiger partial charge in [-0.3, -0.25) is 4.79 Å². The van der Waals surface area contributed by atoms with Crippen molar-refractivity contribution in [1.82, 2.24) is 4.57 Å². The van der Waals surface area contributed by atoms with Crippen LogP contribution in [0.2, 0.25) is 5.02 Å². The average molecular weight is 411 g/mol. The number of nitrogens with one attached hydrogen (secondary N) is 1. The number of alkyl halides is 3. The highest BCUT2D eigenvalue weighted by atomic mass is 35.5. The van der Waals surface area contributed by atoms with Gasteiger partial charge in [0.2, 0.25) is 0 Å². The van der Waals surface area contributed by atoms with Gasteiger partial charge in [0, 0.05) is 17.1 Å². The van der Waals surface area contributed by atoms with Crippen molar-refractivity contribution in [2.45, 2.75) is 20.0 Å². The minimum atomic E-state index is -4.53. The Morgan fingerprint density at radius 2 is 1.75 bits per heavy atom. The Labute approximate surface area is 163 Å². The Balaban J connectivity index is 2.01. The number of aromatic nitrogens is 1. The van der Waals surface area contributed by atoms with Crippen LogP contribution in [-0.2, 0) is 6.18 Å². The number of nitrogens with zero attached hydrogens (tertiary/aromatic N) is 1. The number of rotatable bonds is 3. The molecule has 0 fully saturated rings. The summed E-state index contributed by atoms with van der Waals surface area (Å²) in [5.74, 6) is -1.16. The predicted octanol–water partition coefficient (Wildman–Crippen LogP) is 6.16. The number of hydrogen-bond donors (Lipinski definition) is 1. The molecule has 0 saturated carbocycles. The first-order chi connectivity index (χ1) is 13.1. The number of benzene rings is 2. The summed E-state index contributed by atoms with van der Waals surface area (Å²) in [7, 11) is 0. The van der Waals surface area contributed by atoms with Gasteiger partial charge in [-0.2, -0.15) is 13.2 Å². The molecule has 0 spiro atoms. The summed E-state index contributed by atoms with van der Waals surface area (Å²) in [5.41, 5.74) is 0.436. The summed E-state index contributed by atoms with van der Waals surface area (Å²) in [4.78, 5) is 12.6. The van der Waals surface area contributed by atoms with E-state index in [2.05, 4.69) is 5.32 Å². The van der Waals surface area contributed by atoms with E-state index in [1.165, 1.54) is 41.0 Å². The lowest BCUT2D eigenvalue weighted by atomic mass is 10.1. The Morgan fingerprint density at radius 1 is 1.07 bits per heavy atom. The van der Waals surface area contributed by atoms with Gasteiger partial charge in [-0.25, -0.2) is 4.39 Å². The first-order valence-electron chi connectivity index (χ1n) is 8.21. The summed E-state index contributed by atoms with van der Waals surface area (Å²) in [6.45, 7) is 3.18. The van der Waals surface area contributed by atoms with Crippen molar-refractivity contribution in [1.29, 1.82) is 0 Å². The van der Waals surface area contributed by atoms with Crippen molar-refractivity contribution in [3.63, 3.8) is 0 Å². The number of halogens is 5. The molecule has 0 saturated heterocycles. The Kier molecular flexibility index (Phi) is 5.21. The first-order valence-corrected chi connectivity index (χ1v) is 8.59. The van der Waals surface area contributed by atoms with Crippen molar-refractivity contribution in [3.05, 3.63) is 81.9 Å². The van der Waals surface area contributed by atoms with Gasteiger partial charge in [0.1, 0.15) is 5.82 Å². The molecule has 3 aromatic rings. The number of para-hydroxylation sites is 1. The largest absolute Gasteiger partial charge is 0.418 e. The normalized spacial score (nSPS) is 11.5. The number of amides is 1. The van der Waals surface area contributed by atoms with E-state index in [4.69, 9.17) is 11.6 Å². The fraction of sp³-hybridized carbons (Fsp3) is 0.150. The number of hydrogen-bond acceptors (Lipinski definition) is 1. The second-order valence-corrected chi connectivity index (χ2v) is 6.63. The van der Waals surface area contributed by atoms with Gasteiger partial charge >= 0.3 is 6.18 Å². The van der Waals surface area contributed by atoms with Crippen LogP contribution >= 0.6 is 11.6 Å². The van der Waals surface area contributed by atoms with E-state index in [0.29, 0.717) is 11.4 Å². The summed E-state index contributed by atoms with van der Waals surface area (Å²) in [5, 5.41) is 2.43. The monoisotopic (exact) mass is 410 g/mol. The quantitative estimate of drug-likeness (QED) is 0.516. The number of anilines is 1. The molecule has 1 heterocycles. The maximum Gasteiger partial charge on any atom is 0.418 e. The first kappa shape index (κ1) is 19.9. The zero-order chi connectivity index (χ0) is 20.6. The summed E-state index contributed by atoms with van der Waals surface area (Å²) in [6.07, 6.45) is -4.53. The molecule has 0 radical (unpaired) electrons. The van der Waals surface area contributed by atoms with E-state index in [1.807, 2.05) is 0 Å². The molecule has 3 nitrogen and oxygen atoms in total. The van der Waals surface area contributed by atoms with Crippen LogP contribution in [0.15, 0.2) is 48.5 Å². The van der Waals surface area contributed by atoms with Gasteiger partial charge in [-0.15, -0.1) is 0 Å². The van der Waals surface area contributed by atoms with E-state index in [9.17, 15) is 22.4 Å². The number of carbonyl (C=O) groups is 1. The summed E-state index contributed by atoms with van der Waals surface area (Å²) >= 11 is 5.71. The minimum absolute atomic E-state index is 0.0612. The van der Waals surface area contributed by atoms with Crippen LogP contribution in [0.4, 0.5) is 23.2 Å². The zero-order valence-electron chi connectivity index (χ0n) is 14.9. The third kappa shape index (κ3) is 3.75. The molecule has 28 heavy (non-hydrogen) atoms. The van der Waals surface area contributed by atoms with Crippen LogP contribution < -0.4 is 5.32 Å². The molecule has 0 aliphatic carbocycles. The molecule has 1 aromatic heterocycles. The second-order valence-electron chi connectivity index (χ2n) is 6.22. The maximum absolute atomic E-state index is 13.4. The summed E-state index contributed by atoms with van der Waals surface area (Å²) < 4.78 is 54.8. The third-order valence-electron chi connectivity index (χ3n) is 4.30. The molecule has 0 unspecified atom stereocenters. The predicted molar refractivity (Wildman–Crippen MR) is 99.6 cm³/mol. The van der Waals surface area contributed by atoms with Crippen LogP contribution in [0.3, 0.4) is 0 Å². The smallest absolute Gasteiger partial charge is 0.322 e. The van der Waals surface area contributed by atoms with Gasteiger partial charge in [-0.1, -0.05) is 23.7 Å². The van der Waals surface area contributed by atoms with E-state index in [0.717, 1.165) is 12.1 Å². The Bertz CT molecular complexity index is 1060. The van der Waals surface area contributed by atoms with E-state index in [1.54, 1.807) is 13.8 Å². The fourth-order valence-corrected chi connectivity index (χ4v) is 3.22.